The molecule has 8 rings (SSSR count). The summed E-state index contributed by atoms with van der Waals surface area (Å²) in [6.45, 7) is 21.8. The van der Waals surface area contributed by atoms with Crippen molar-refractivity contribution in [3.05, 3.63) is 149 Å². The van der Waals surface area contributed by atoms with Crippen LogP contribution in [0.15, 0.2) is 121 Å². The normalized spacial score (nSPS) is 12.2. The molecule has 8 aromatic rings. The van der Waals surface area contributed by atoms with Crippen LogP contribution in [-0.2, 0) is 10.8 Å². The second-order valence-corrected chi connectivity index (χ2v) is 15.3. The van der Waals surface area contributed by atoms with Crippen LogP contribution in [-0.4, -0.2) is 9.13 Å². The summed E-state index contributed by atoms with van der Waals surface area (Å²) in [5, 5.41) is 15.0. The number of aromatic nitrogens is 2. The highest BCUT2D eigenvalue weighted by Crippen LogP contribution is 2.48. The molecule has 0 fully saturated rings. The number of nitrogens with zero attached hydrogens (tertiary/aromatic N) is 4. The van der Waals surface area contributed by atoms with Crippen molar-refractivity contribution in [1.82, 2.24) is 9.13 Å². The summed E-state index contributed by atoms with van der Waals surface area (Å²) in [6.07, 6.45) is 0. The van der Waals surface area contributed by atoms with Crippen LogP contribution >= 0.6 is 0 Å². The lowest BCUT2D eigenvalue weighted by molar-refractivity contribution is 0.590. The number of nitriles is 1. The largest absolute Gasteiger partial charge is 0.309 e. The number of fused-ring (bicyclic) bond motifs is 6. The number of benzene rings is 6. The molecule has 242 valence electrons. The minimum absolute atomic E-state index is 0.0240. The van der Waals surface area contributed by atoms with Gasteiger partial charge in [0, 0.05) is 43.9 Å². The van der Waals surface area contributed by atoms with E-state index in [9.17, 15) is 5.26 Å². The van der Waals surface area contributed by atoms with Gasteiger partial charge >= 0.3 is 0 Å². The van der Waals surface area contributed by atoms with Crippen LogP contribution in [0.5, 0.6) is 0 Å². The fraction of sp³-hybridized carbons (Fsp3) is 0.174. The molecule has 2 aromatic heterocycles. The van der Waals surface area contributed by atoms with Crippen molar-refractivity contribution in [2.24, 2.45) is 0 Å². The van der Waals surface area contributed by atoms with E-state index in [4.69, 9.17) is 6.57 Å². The Labute approximate surface area is 293 Å². The Kier molecular flexibility index (Phi) is 7.00. The zero-order chi connectivity index (χ0) is 34.9. The second kappa shape index (κ2) is 11.2. The van der Waals surface area contributed by atoms with Gasteiger partial charge in [-0.25, -0.2) is 4.85 Å². The van der Waals surface area contributed by atoms with Crippen molar-refractivity contribution in [2.45, 2.75) is 52.4 Å². The SMILES string of the molecule is [C-]#[N+]c1cccc(C#N)c1-c1c(-n2c3ccc(C(C)(C)C)cc3c3cc(C(C)(C)C)ccc32)ccc2c1c1ccccc1n2-c1ccccc1. The van der Waals surface area contributed by atoms with Gasteiger partial charge in [0.2, 0.25) is 0 Å². The fourth-order valence-electron chi connectivity index (χ4n) is 7.55. The summed E-state index contributed by atoms with van der Waals surface area (Å²) in [6, 6.07) is 44.9. The summed E-state index contributed by atoms with van der Waals surface area (Å²) in [5.74, 6) is 0. The molecule has 4 nitrogen and oxygen atoms in total. The summed E-state index contributed by atoms with van der Waals surface area (Å²) in [4.78, 5) is 4.01. The third kappa shape index (κ3) is 4.72. The van der Waals surface area contributed by atoms with Crippen molar-refractivity contribution in [1.29, 1.82) is 5.26 Å². The van der Waals surface area contributed by atoms with Crippen LogP contribution < -0.4 is 0 Å². The molecule has 0 unspecified atom stereocenters. The van der Waals surface area contributed by atoms with Gasteiger partial charge in [0.05, 0.1) is 40.4 Å². The smallest absolute Gasteiger partial charge is 0.196 e. The van der Waals surface area contributed by atoms with Crippen molar-refractivity contribution in [3.63, 3.8) is 0 Å². The zero-order valence-electron chi connectivity index (χ0n) is 29.3. The Morgan fingerprint density at radius 2 is 1.14 bits per heavy atom. The summed E-state index contributed by atoms with van der Waals surface area (Å²) in [5.41, 5.74) is 11.2. The lowest BCUT2D eigenvalue weighted by Gasteiger charge is -2.20. The zero-order valence-corrected chi connectivity index (χ0v) is 29.3. The van der Waals surface area contributed by atoms with Gasteiger partial charge in [-0.3, -0.25) is 0 Å². The van der Waals surface area contributed by atoms with Crippen LogP contribution in [0, 0.1) is 17.9 Å². The molecule has 0 N–H and O–H groups in total. The van der Waals surface area contributed by atoms with Crippen LogP contribution in [0.3, 0.4) is 0 Å². The van der Waals surface area contributed by atoms with E-state index in [1.165, 1.54) is 21.9 Å². The van der Waals surface area contributed by atoms with Gasteiger partial charge in [-0.15, -0.1) is 0 Å². The number of hydrogen-bond donors (Lipinski definition) is 0. The van der Waals surface area contributed by atoms with E-state index in [-0.39, 0.29) is 10.8 Å². The molecule has 0 radical (unpaired) electrons. The Morgan fingerprint density at radius 3 is 1.74 bits per heavy atom. The average Bonchev–Trinajstić information content (AvgIpc) is 3.62. The monoisotopic (exact) mass is 646 g/mol. The predicted octanol–water partition coefficient (Wildman–Crippen LogP) is 12.6. The molecule has 4 heteroatoms. The summed E-state index contributed by atoms with van der Waals surface area (Å²) >= 11 is 0. The molecule has 0 aliphatic heterocycles. The van der Waals surface area contributed by atoms with E-state index >= 15 is 0 Å². The molecule has 0 saturated carbocycles. The van der Waals surface area contributed by atoms with Gasteiger partial charge in [0.25, 0.3) is 0 Å². The van der Waals surface area contributed by atoms with Crippen molar-refractivity contribution >= 4 is 49.3 Å². The summed E-state index contributed by atoms with van der Waals surface area (Å²) in [7, 11) is 0. The third-order valence-corrected chi connectivity index (χ3v) is 10.1. The molecule has 0 aliphatic rings. The molecule has 50 heavy (non-hydrogen) atoms. The third-order valence-electron chi connectivity index (χ3n) is 10.1. The first-order valence-corrected chi connectivity index (χ1v) is 17.1. The maximum absolute atomic E-state index is 10.6. The van der Waals surface area contributed by atoms with Crippen LogP contribution in [0.1, 0.15) is 58.2 Å². The van der Waals surface area contributed by atoms with E-state index in [0.717, 1.165) is 49.8 Å². The fourth-order valence-corrected chi connectivity index (χ4v) is 7.55. The molecular weight excluding hydrogens is 609 g/mol. The topological polar surface area (TPSA) is 38.0 Å². The van der Waals surface area contributed by atoms with E-state index in [0.29, 0.717) is 16.8 Å². The van der Waals surface area contributed by atoms with Gasteiger partial charge in [0.1, 0.15) is 0 Å². The highest BCUT2D eigenvalue weighted by atomic mass is 15.0. The van der Waals surface area contributed by atoms with Crippen LogP contribution in [0.4, 0.5) is 5.69 Å². The molecule has 0 saturated heterocycles. The molecular formula is C46H38N4. The maximum atomic E-state index is 10.6. The lowest BCUT2D eigenvalue weighted by Crippen LogP contribution is -2.10. The standard InChI is InChI=1S/C46H38N4/c1-45(2,3)30-20-22-38-34(26-30)35-27-31(46(4,5)6)21-23-39(35)50(38)41-25-24-40-43(44(41)42-29(28-47)14-13-18-36(42)48-7)33-17-11-12-19-37(33)49(40)32-15-9-8-10-16-32/h8-27H,1-6H3. The van der Waals surface area contributed by atoms with E-state index in [1.807, 2.05) is 24.3 Å². The highest BCUT2D eigenvalue weighted by Gasteiger charge is 2.27. The van der Waals surface area contributed by atoms with Crippen LogP contribution in [0.25, 0.3) is 71.0 Å². The van der Waals surface area contributed by atoms with Crippen molar-refractivity contribution < 1.29 is 0 Å². The molecule has 0 bridgehead atoms. The van der Waals surface area contributed by atoms with Gasteiger partial charge in [-0.2, -0.15) is 5.26 Å². The van der Waals surface area contributed by atoms with E-state index < -0.39 is 0 Å². The minimum Gasteiger partial charge on any atom is -0.309 e. The molecule has 0 spiro atoms. The number of hydrogen-bond acceptors (Lipinski definition) is 1. The highest BCUT2D eigenvalue weighted by molar-refractivity contribution is 6.20. The second-order valence-electron chi connectivity index (χ2n) is 15.3. The lowest BCUT2D eigenvalue weighted by atomic mass is 9.85. The maximum Gasteiger partial charge on any atom is 0.196 e. The van der Waals surface area contributed by atoms with Crippen LogP contribution in [0.2, 0.25) is 0 Å². The molecule has 0 atom stereocenters. The molecule has 0 amide bonds. The molecule has 0 aliphatic carbocycles. The Morgan fingerprint density at radius 1 is 0.560 bits per heavy atom. The molecule has 6 aromatic carbocycles. The quantitative estimate of drug-likeness (QED) is 0.176. The Balaban J connectivity index is 1.61. The van der Waals surface area contributed by atoms with Crippen molar-refractivity contribution in [2.75, 3.05) is 0 Å². The minimum atomic E-state index is -0.0240. The first-order chi connectivity index (χ1) is 24.0. The van der Waals surface area contributed by atoms with Gasteiger partial charge in [-0.05, 0) is 82.6 Å². The molecule has 2 heterocycles. The Hall–Kier alpha value is -6.10. The van der Waals surface area contributed by atoms with E-state index in [1.54, 1.807) is 0 Å². The first-order valence-electron chi connectivity index (χ1n) is 17.1. The number of rotatable bonds is 3. The Bertz CT molecular complexity index is 2630. The van der Waals surface area contributed by atoms with Gasteiger partial charge in [0.15, 0.2) is 5.69 Å². The average molecular weight is 647 g/mol. The predicted molar refractivity (Wildman–Crippen MR) is 209 cm³/mol. The van der Waals surface area contributed by atoms with Crippen molar-refractivity contribution in [3.8, 4) is 28.6 Å². The first kappa shape index (κ1) is 31.2. The van der Waals surface area contributed by atoms with Gasteiger partial charge < -0.3 is 9.13 Å². The summed E-state index contributed by atoms with van der Waals surface area (Å²) < 4.78 is 4.65. The number of para-hydroxylation sites is 2. The van der Waals surface area contributed by atoms with E-state index in [2.05, 4.69) is 159 Å². The van der Waals surface area contributed by atoms with Gasteiger partial charge in [-0.1, -0.05) is 102 Å².